The largest absolute Gasteiger partial charge is 0.507 e. The monoisotopic (exact) mass is 767 g/mol. The highest BCUT2D eigenvalue weighted by atomic mass is 16.3. The van der Waals surface area contributed by atoms with Gasteiger partial charge in [0, 0.05) is 39.3 Å². The molecule has 3 aromatic heterocycles. The number of imidazole rings is 1. The van der Waals surface area contributed by atoms with Crippen LogP contribution in [0.2, 0.25) is 0 Å². The lowest BCUT2D eigenvalue weighted by atomic mass is 9.79. The number of aromatic hydroxyl groups is 1. The third-order valence-electron chi connectivity index (χ3n) is 11.6. The summed E-state index contributed by atoms with van der Waals surface area (Å²) in [4.78, 5) is 10.5. The number of nitrogens with zero attached hydrogens (tertiary/aromatic N) is 3. The second-order valence-corrected chi connectivity index (χ2v) is 17.7. The second-order valence-electron chi connectivity index (χ2n) is 17.7. The predicted octanol–water partition coefficient (Wildman–Crippen LogP) is 14.4. The first-order valence-electron chi connectivity index (χ1n) is 20.3. The van der Waals surface area contributed by atoms with Crippen molar-refractivity contribution in [3.05, 3.63) is 169 Å². The van der Waals surface area contributed by atoms with Crippen LogP contribution >= 0.6 is 0 Å². The number of pyridine rings is 1. The number of rotatable bonds is 5. The number of hydrogen-bond acceptors (Lipinski definition) is 4. The quantitative estimate of drug-likeness (QED) is 0.189. The fraction of sp³-hybridized carbons (Fsp3) is 0.148. The summed E-state index contributed by atoms with van der Waals surface area (Å²) in [5.41, 5.74) is 12.5. The fourth-order valence-electron chi connectivity index (χ4n) is 8.47. The second kappa shape index (κ2) is 13.6. The van der Waals surface area contributed by atoms with Crippen molar-refractivity contribution in [1.29, 1.82) is 0 Å². The first kappa shape index (κ1) is 36.4. The van der Waals surface area contributed by atoms with Crippen LogP contribution in [0.5, 0.6) is 5.75 Å². The Hall–Kier alpha value is -6.98. The third-order valence-corrected chi connectivity index (χ3v) is 11.6. The average molecular weight is 768 g/mol. The molecule has 59 heavy (non-hydrogen) atoms. The van der Waals surface area contributed by atoms with Crippen molar-refractivity contribution < 1.29 is 9.52 Å². The highest BCUT2D eigenvalue weighted by Crippen LogP contribution is 2.45. The van der Waals surface area contributed by atoms with Crippen LogP contribution in [0.25, 0.3) is 94.3 Å². The van der Waals surface area contributed by atoms with E-state index in [-0.39, 0.29) is 16.6 Å². The Morgan fingerprint density at radius 3 is 1.97 bits per heavy atom. The van der Waals surface area contributed by atoms with Gasteiger partial charge in [-0.15, -0.1) is 0 Å². The minimum Gasteiger partial charge on any atom is -0.507 e. The van der Waals surface area contributed by atoms with Crippen molar-refractivity contribution >= 4 is 43.7 Å². The maximum absolute atomic E-state index is 12.2. The summed E-state index contributed by atoms with van der Waals surface area (Å²) in [6.45, 7) is 13.1. The minimum atomic E-state index is -0.298. The number of fused-ring (bicyclic) bond motifs is 5. The molecule has 1 N–H and O–H groups in total. The zero-order valence-corrected chi connectivity index (χ0v) is 34.2. The summed E-state index contributed by atoms with van der Waals surface area (Å²) >= 11 is 0. The molecule has 0 aliphatic heterocycles. The van der Waals surface area contributed by atoms with Crippen molar-refractivity contribution in [2.24, 2.45) is 0 Å². The van der Waals surface area contributed by atoms with Gasteiger partial charge in [-0.2, -0.15) is 0 Å². The van der Waals surface area contributed by atoms with Crippen LogP contribution in [0.3, 0.4) is 0 Å². The van der Waals surface area contributed by atoms with E-state index in [4.69, 9.17) is 14.4 Å². The van der Waals surface area contributed by atoms with E-state index < -0.39 is 0 Å². The van der Waals surface area contributed by atoms with E-state index >= 15 is 0 Å². The van der Waals surface area contributed by atoms with Crippen LogP contribution in [-0.4, -0.2) is 19.6 Å². The van der Waals surface area contributed by atoms with Crippen LogP contribution in [0, 0.1) is 0 Å². The molecule has 0 unspecified atom stereocenters. The van der Waals surface area contributed by atoms with Gasteiger partial charge < -0.3 is 9.52 Å². The van der Waals surface area contributed by atoms with E-state index in [9.17, 15) is 5.11 Å². The van der Waals surface area contributed by atoms with Gasteiger partial charge in [-0.1, -0.05) is 133 Å². The average Bonchev–Trinajstić information content (AvgIpc) is 3.81. The van der Waals surface area contributed by atoms with Crippen LogP contribution < -0.4 is 0 Å². The first-order valence-corrected chi connectivity index (χ1v) is 20.3. The Bertz CT molecular complexity index is 3230. The maximum Gasteiger partial charge on any atom is 0.161 e. The molecule has 0 amide bonds. The molecule has 0 aliphatic rings. The molecule has 0 bridgehead atoms. The van der Waals surface area contributed by atoms with Gasteiger partial charge in [0.05, 0.1) is 16.6 Å². The van der Waals surface area contributed by atoms with E-state index in [1.807, 2.05) is 30.5 Å². The predicted molar refractivity (Wildman–Crippen MR) is 244 cm³/mol. The summed E-state index contributed by atoms with van der Waals surface area (Å²) in [6.07, 6.45) is 1.88. The zero-order valence-electron chi connectivity index (χ0n) is 34.2. The third kappa shape index (κ3) is 6.25. The molecule has 10 rings (SSSR count). The van der Waals surface area contributed by atoms with E-state index in [0.717, 1.165) is 88.7 Å². The molecular formula is C54H45N3O2. The lowest BCUT2D eigenvalue weighted by molar-refractivity contribution is 0.446. The Kier molecular flexibility index (Phi) is 8.36. The highest BCUT2D eigenvalue weighted by molar-refractivity contribution is 6.13. The summed E-state index contributed by atoms with van der Waals surface area (Å²) in [6, 6.07) is 52.9. The van der Waals surface area contributed by atoms with E-state index in [0.29, 0.717) is 11.4 Å². The molecule has 288 valence electrons. The standard InChI is InChI=1S/C54H45N3O2/c1-53(2,3)39-31-44(50(58)45(32-39)54(4,5)6)52-56-49-41(22-15-23-46(49)57(52)40-20-11-8-12-21-40)37-26-36(33-16-9-7-10-17-33)27-38(28-37)48-51-42(24-25-55-48)43-29-34-18-13-14-19-35(34)30-47(43)59-51/h7-32,58H,1-6H3. The SMILES string of the molecule is CC(C)(C)c1cc(-c2nc3c(-c4cc(-c5ccccc5)cc(-c5nccc6c5oc5cc7ccccc7cc56)c4)cccc3n2-c2ccccc2)c(O)c(C(C)(C)C)c1. The van der Waals surface area contributed by atoms with Gasteiger partial charge in [-0.25, -0.2) is 4.98 Å². The van der Waals surface area contributed by atoms with Gasteiger partial charge in [0.25, 0.3) is 0 Å². The molecule has 0 radical (unpaired) electrons. The summed E-state index contributed by atoms with van der Waals surface area (Å²) in [5.74, 6) is 0.944. The zero-order chi connectivity index (χ0) is 40.6. The molecule has 5 nitrogen and oxygen atoms in total. The lowest BCUT2D eigenvalue weighted by Crippen LogP contribution is -2.17. The van der Waals surface area contributed by atoms with Crippen LogP contribution in [-0.2, 0) is 10.8 Å². The molecule has 0 spiro atoms. The summed E-state index contributed by atoms with van der Waals surface area (Å²) in [7, 11) is 0. The minimum absolute atomic E-state index is 0.157. The fourth-order valence-corrected chi connectivity index (χ4v) is 8.47. The topological polar surface area (TPSA) is 64.1 Å². The molecule has 0 saturated heterocycles. The number of benzene rings is 7. The normalized spacial score (nSPS) is 12.3. The van der Waals surface area contributed by atoms with Crippen molar-refractivity contribution in [2.45, 2.75) is 52.4 Å². The molecule has 0 atom stereocenters. The number of phenols is 1. The molecule has 5 heteroatoms. The van der Waals surface area contributed by atoms with Gasteiger partial charge in [0.15, 0.2) is 5.58 Å². The Balaban J connectivity index is 1.25. The highest BCUT2D eigenvalue weighted by Gasteiger charge is 2.29. The smallest absolute Gasteiger partial charge is 0.161 e. The number of furan rings is 1. The van der Waals surface area contributed by atoms with Gasteiger partial charge >= 0.3 is 0 Å². The van der Waals surface area contributed by atoms with E-state index in [1.165, 1.54) is 5.39 Å². The molecule has 10 aromatic rings. The number of hydrogen-bond donors (Lipinski definition) is 1. The van der Waals surface area contributed by atoms with Gasteiger partial charge in [-0.3, -0.25) is 9.55 Å². The van der Waals surface area contributed by atoms with E-state index in [2.05, 4.69) is 174 Å². The lowest BCUT2D eigenvalue weighted by Gasteiger charge is -2.27. The van der Waals surface area contributed by atoms with E-state index in [1.54, 1.807) is 0 Å². The number of para-hydroxylation sites is 2. The molecule has 7 aromatic carbocycles. The van der Waals surface area contributed by atoms with Crippen molar-refractivity contribution in [3.63, 3.8) is 0 Å². The summed E-state index contributed by atoms with van der Waals surface area (Å²) < 4.78 is 8.89. The first-order chi connectivity index (χ1) is 28.4. The van der Waals surface area contributed by atoms with Gasteiger partial charge in [-0.05, 0) is 105 Å². The molecule has 3 heterocycles. The summed E-state index contributed by atoms with van der Waals surface area (Å²) in [5, 5.41) is 16.6. The van der Waals surface area contributed by atoms with Crippen molar-refractivity contribution in [1.82, 2.24) is 14.5 Å². The molecular weight excluding hydrogens is 723 g/mol. The van der Waals surface area contributed by atoms with Crippen molar-refractivity contribution in [2.75, 3.05) is 0 Å². The van der Waals surface area contributed by atoms with Crippen LogP contribution in [0.15, 0.2) is 162 Å². The Labute approximate surface area is 344 Å². The number of phenolic OH excluding ortho intramolecular Hbond substituents is 1. The maximum atomic E-state index is 12.2. The van der Waals surface area contributed by atoms with Crippen LogP contribution in [0.1, 0.15) is 52.7 Å². The Morgan fingerprint density at radius 2 is 1.24 bits per heavy atom. The van der Waals surface area contributed by atoms with Crippen molar-refractivity contribution in [3.8, 4) is 56.3 Å². The molecule has 0 aliphatic carbocycles. The van der Waals surface area contributed by atoms with Gasteiger partial charge in [0.2, 0.25) is 0 Å². The van der Waals surface area contributed by atoms with Crippen LogP contribution in [0.4, 0.5) is 0 Å². The van der Waals surface area contributed by atoms with Gasteiger partial charge in [0.1, 0.15) is 22.9 Å². The molecule has 0 saturated carbocycles. The number of aromatic nitrogens is 3. The Morgan fingerprint density at radius 1 is 0.559 bits per heavy atom. The molecule has 0 fully saturated rings.